The number of nitrogens with zero attached hydrogens (tertiary/aromatic N) is 2. The first-order valence-corrected chi connectivity index (χ1v) is 4.92. The zero-order valence-electron chi connectivity index (χ0n) is 9.68. The van der Waals surface area contributed by atoms with E-state index in [1.54, 1.807) is 0 Å². The number of aryl methyl sites for hydroxylation is 1. The summed E-state index contributed by atoms with van der Waals surface area (Å²) in [4.78, 5) is 8.91. The van der Waals surface area contributed by atoms with E-state index >= 15 is 0 Å². The van der Waals surface area contributed by atoms with E-state index in [9.17, 15) is 0 Å². The lowest BCUT2D eigenvalue weighted by molar-refractivity contribution is 0.538. The third-order valence-electron chi connectivity index (χ3n) is 2.09. The van der Waals surface area contributed by atoms with Gasteiger partial charge in [-0.15, -0.1) is 0 Å². The van der Waals surface area contributed by atoms with Crippen LogP contribution in [0.15, 0.2) is 6.20 Å². The molecule has 78 valence electrons. The third kappa shape index (κ3) is 2.51. The molecule has 0 aromatic carbocycles. The van der Waals surface area contributed by atoms with Crippen molar-refractivity contribution >= 4 is 0 Å². The molecule has 0 bridgehead atoms. The number of hydrogen-bond acceptors (Lipinski definition) is 3. The van der Waals surface area contributed by atoms with Crippen LogP contribution in [0.25, 0.3) is 0 Å². The first-order valence-electron chi connectivity index (χ1n) is 4.92. The second kappa shape index (κ2) is 4.05. The molecule has 3 nitrogen and oxygen atoms in total. The molecular weight excluding hydrogens is 174 g/mol. The molecule has 0 spiro atoms. The minimum absolute atomic E-state index is 0.0240. The molecule has 14 heavy (non-hydrogen) atoms. The van der Waals surface area contributed by atoms with Gasteiger partial charge in [-0.2, -0.15) is 0 Å². The SMILES string of the molecule is CNCc1nc(C(C)(C)C)ncc1C. The lowest BCUT2D eigenvalue weighted by Gasteiger charge is -2.17. The summed E-state index contributed by atoms with van der Waals surface area (Å²) in [5.74, 6) is 0.911. The normalized spacial score (nSPS) is 11.8. The van der Waals surface area contributed by atoms with Gasteiger partial charge < -0.3 is 5.32 Å². The molecule has 1 rings (SSSR count). The van der Waals surface area contributed by atoms with Gasteiger partial charge in [-0.3, -0.25) is 0 Å². The minimum atomic E-state index is 0.0240. The smallest absolute Gasteiger partial charge is 0.133 e. The molecule has 1 aromatic rings. The van der Waals surface area contributed by atoms with Gasteiger partial charge >= 0.3 is 0 Å². The Morgan fingerprint density at radius 3 is 2.50 bits per heavy atom. The van der Waals surface area contributed by atoms with E-state index in [0.717, 1.165) is 23.6 Å². The van der Waals surface area contributed by atoms with Gasteiger partial charge in [0.1, 0.15) is 5.82 Å². The molecule has 0 unspecified atom stereocenters. The van der Waals surface area contributed by atoms with E-state index in [4.69, 9.17) is 0 Å². The van der Waals surface area contributed by atoms with Crippen LogP contribution in [0, 0.1) is 6.92 Å². The molecule has 0 aliphatic rings. The first kappa shape index (κ1) is 11.1. The standard InChI is InChI=1S/C11H19N3/c1-8-6-13-10(11(2,3)4)14-9(8)7-12-5/h6,12H,7H2,1-5H3. The van der Waals surface area contributed by atoms with Crippen LogP contribution in [0.3, 0.4) is 0 Å². The van der Waals surface area contributed by atoms with Crippen LogP contribution in [0.4, 0.5) is 0 Å². The van der Waals surface area contributed by atoms with Crippen LogP contribution in [-0.4, -0.2) is 17.0 Å². The fourth-order valence-corrected chi connectivity index (χ4v) is 1.19. The van der Waals surface area contributed by atoms with E-state index in [0.29, 0.717) is 0 Å². The zero-order valence-corrected chi connectivity index (χ0v) is 9.68. The van der Waals surface area contributed by atoms with Crippen molar-refractivity contribution in [3.8, 4) is 0 Å². The summed E-state index contributed by atoms with van der Waals surface area (Å²) in [6, 6.07) is 0. The summed E-state index contributed by atoms with van der Waals surface area (Å²) in [6.45, 7) is 9.22. The Balaban J connectivity index is 3.06. The Morgan fingerprint density at radius 2 is 2.00 bits per heavy atom. The highest BCUT2D eigenvalue weighted by atomic mass is 14.9. The lowest BCUT2D eigenvalue weighted by atomic mass is 9.95. The molecule has 1 heterocycles. The van der Waals surface area contributed by atoms with Crippen LogP contribution in [0.1, 0.15) is 37.9 Å². The quantitative estimate of drug-likeness (QED) is 0.778. The highest BCUT2D eigenvalue weighted by molar-refractivity contribution is 5.17. The Labute approximate surface area is 86.0 Å². The van der Waals surface area contributed by atoms with E-state index in [-0.39, 0.29) is 5.41 Å². The summed E-state index contributed by atoms with van der Waals surface area (Å²) in [5.41, 5.74) is 2.26. The first-order chi connectivity index (χ1) is 6.45. The molecule has 1 N–H and O–H groups in total. The van der Waals surface area contributed by atoms with Crippen molar-refractivity contribution in [3.63, 3.8) is 0 Å². The van der Waals surface area contributed by atoms with Crippen molar-refractivity contribution in [2.24, 2.45) is 0 Å². The maximum absolute atomic E-state index is 4.56. The van der Waals surface area contributed by atoms with Crippen LogP contribution in [0.5, 0.6) is 0 Å². The molecule has 0 fully saturated rings. The fraction of sp³-hybridized carbons (Fsp3) is 0.636. The Hall–Kier alpha value is -0.960. The second-order valence-corrected chi connectivity index (χ2v) is 4.60. The molecule has 0 amide bonds. The molecular formula is C11H19N3. The Morgan fingerprint density at radius 1 is 1.36 bits per heavy atom. The van der Waals surface area contributed by atoms with Crippen molar-refractivity contribution in [1.29, 1.82) is 0 Å². The molecule has 0 saturated heterocycles. The number of aromatic nitrogens is 2. The third-order valence-corrected chi connectivity index (χ3v) is 2.09. The molecule has 0 atom stereocenters. The second-order valence-electron chi connectivity index (χ2n) is 4.60. The number of hydrogen-bond donors (Lipinski definition) is 1. The van der Waals surface area contributed by atoms with E-state index in [1.165, 1.54) is 0 Å². The Kier molecular flexibility index (Phi) is 3.21. The van der Waals surface area contributed by atoms with Crippen molar-refractivity contribution in [2.75, 3.05) is 7.05 Å². The molecule has 3 heteroatoms. The van der Waals surface area contributed by atoms with Crippen LogP contribution in [-0.2, 0) is 12.0 Å². The maximum atomic E-state index is 4.56. The Bertz CT molecular complexity index is 313. The van der Waals surface area contributed by atoms with Gasteiger partial charge in [-0.25, -0.2) is 9.97 Å². The van der Waals surface area contributed by atoms with Crippen molar-refractivity contribution in [1.82, 2.24) is 15.3 Å². The van der Waals surface area contributed by atoms with Crippen molar-refractivity contribution in [3.05, 3.63) is 23.3 Å². The summed E-state index contributed by atoms with van der Waals surface area (Å²) < 4.78 is 0. The minimum Gasteiger partial charge on any atom is -0.314 e. The predicted molar refractivity (Wildman–Crippen MR) is 58.2 cm³/mol. The highest BCUT2D eigenvalue weighted by Gasteiger charge is 2.17. The van der Waals surface area contributed by atoms with Gasteiger partial charge in [0.15, 0.2) is 0 Å². The topological polar surface area (TPSA) is 37.8 Å². The number of nitrogens with one attached hydrogen (secondary N) is 1. The van der Waals surface area contributed by atoms with E-state index in [2.05, 4.69) is 36.1 Å². The maximum Gasteiger partial charge on any atom is 0.133 e. The van der Waals surface area contributed by atoms with Gasteiger partial charge in [0.2, 0.25) is 0 Å². The molecule has 0 aliphatic heterocycles. The summed E-state index contributed by atoms with van der Waals surface area (Å²) >= 11 is 0. The van der Waals surface area contributed by atoms with Gasteiger partial charge in [0.05, 0.1) is 5.69 Å². The average Bonchev–Trinajstić information content (AvgIpc) is 2.07. The zero-order chi connectivity index (χ0) is 10.8. The van der Waals surface area contributed by atoms with Crippen molar-refractivity contribution < 1.29 is 0 Å². The van der Waals surface area contributed by atoms with Gasteiger partial charge in [-0.1, -0.05) is 20.8 Å². The van der Waals surface area contributed by atoms with E-state index < -0.39 is 0 Å². The highest BCUT2D eigenvalue weighted by Crippen LogP contribution is 2.18. The summed E-state index contributed by atoms with van der Waals surface area (Å²) in [7, 11) is 1.93. The molecule has 0 aliphatic carbocycles. The fourth-order valence-electron chi connectivity index (χ4n) is 1.19. The van der Waals surface area contributed by atoms with Crippen LogP contribution in [0.2, 0.25) is 0 Å². The van der Waals surface area contributed by atoms with Crippen molar-refractivity contribution in [2.45, 2.75) is 39.7 Å². The largest absolute Gasteiger partial charge is 0.314 e. The molecule has 0 saturated carbocycles. The lowest BCUT2D eigenvalue weighted by Crippen LogP contribution is -2.19. The predicted octanol–water partition coefficient (Wildman–Crippen LogP) is 1.80. The molecule has 1 aromatic heterocycles. The summed E-state index contributed by atoms with van der Waals surface area (Å²) in [5, 5.41) is 3.11. The monoisotopic (exact) mass is 193 g/mol. The van der Waals surface area contributed by atoms with Gasteiger partial charge in [0.25, 0.3) is 0 Å². The van der Waals surface area contributed by atoms with Crippen LogP contribution < -0.4 is 5.32 Å². The van der Waals surface area contributed by atoms with Crippen LogP contribution >= 0.6 is 0 Å². The van der Waals surface area contributed by atoms with E-state index in [1.807, 2.05) is 20.2 Å². The summed E-state index contributed by atoms with van der Waals surface area (Å²) in [6.07, 6.45) is 1.90. The van der Waals surface area contributed by atoms with Gasteiger partial charge in [-0.05, 0) is 19.5 Å². The number of rotatable bonds is 2. The molecule has 0 radical (unpaired) electrons. The van der Waals surface area contributed by atoms with Gasteiger partial charge in [0, 0.05) is 18.2 Å². The average molecular weight is 193 g/mol.